The number of benzene rings is 5. The lowest BCUT2D eigenvalue weighted by Gasteiger charge is -2.36. The quantitative estimate of drug-likeness (QED) is 0.0597. The maximum atomic E-state index is 13.4. The molecular formula is C43H45N7O5S2. The predicted octanol–water partition coefficient (Wildman–Crippen LogP) is 7.10. The summed E-state index contributed by atoms with van der Waals surface area (Å²) < 4.78 is 28.8. The van der Waals surface area contributed by atoms with Crippen LogP contribution in [0.4, 0.5) is 17.1 Å². The minimum atomic E-state index is -4.44. The third kappa shape index (κ3) is 11.0. The fourth-order valence-corrected chi connectivity index (χ4v) is 8.65. The predicted molar refractivity (Wildman–Crippen MR) is 226 cm³/mol. The van der Waals surface area contributed by atoms with E-state index in [0.717, 1.165) is 67.0 Å². The molecule has 5 aromatic rings. The van der Waals surface area contributed by atoms with E-state index in [4.69, 9.17) is 0 Å². The Kier molecular flexibility index (Phi) is 13.6. The van der Waals surface area contributed by atoms with Gasteiger partial charge in [-0.05, 0) is 104 Å². The molecule has 1 amide bonds. The molecule has 0 aliphatic carbocycles. The number of nitro groups is 1. The molecule has 12 nitrogen and oxygen atoms in total. The highest BCUT2D eigenvalue weighted by molar-refractivity contribution is 7.99. The van der Waals surface area contributed by atoms with Gasteiger partial charge in [0.1, 0.15) is 5.69 Å². The van der Waals surface area contributed by atoms with Crippen molar-refractivity contribution >= 4 is 44.8 Å². The van der Waals surface area contributed by atoms with Gasteiger partial charge in [-0.25, -0.2) is 13.1 Å². The summed E-state index contributed by atoms with van der Waals surface area (Å²) in [5.74, 6) is -0.201. The van der Waals surface area contributed by atoms with Gasteiger partial charge in [-0.15, -0.1) is 11.8 Å². The molecule has 1 saturated heterocycles. The number of hydrogen-bond acceptors (Lipinski definition) is 11. The van der Waals surface area contributed by atoms with E-state index in [1.54, 1.807) is 42.1 Å². The molecule has 2 N–H and O–H groups in total. The van der Waals surface area contributed by atoms with Gasteiger partial charge in [-0.1, -0.05) is 54.6 Å². The van der Waals surface area contributed by atoms with E-state index in [-0.39, 0.29) is 22.2 Å². The van der Waals surface area contributed by atoms with E-state index in [1.807, 2.05) is 79.7 Å². The fourth-order valence-electron chi connectivity index (χ4n) is 6.66. The van der Waals surface area contributed by atoms with E-state index in [2.05, 4.69) is 38.0 Å². The number of carbonyl (C=O) groups is 1. The second kappa shape index (κ2) is 18.9. The molecule has 0 aromatic heterocycles. The van der Waals surface area contributed by atoms with Crippen LogP contribution in [0.15, 0.2) is 131 Å². The Morgan fingerprint density at radius 1 is 0.912 bits per heavy atom. The molecule has 1 aliphatic heterocycles. The van der Waals surface area contributed by atoms with E-state index in [0.29, 0.717) is 17.7 Å². The van der Waals surface area contributed by atoms with Crippen molar-refractivity contribution in [3.05, 3.63) is 148 Å². The molecular weight excluding hydrogens is 759 g/mol. The number of sulfonamides is 1. The maximum Gasteiger partial charge on any atom is 0.293 e. The number of piperazine rings is 1. The van der Waals surface area contributed by atoms with Crippen molar-refractivity contribution in [2.75, 3.05) is 62.8 Å². The minimum absolute atomic E-state index is 0.144. The highest BCUT2D eigenvalue weighted by Gasteiger charge is 2.26. The number of anilines is 2. The number of rotatable bonds is 16. The Morgan fingerprint density at radius 2 is 1.63 bits per heavy atom. The number of amides is 1. The van der Waals surface area contributed by atoms with Crippen molar-refractivity contribution in [1.82, 2.24) is 14.5 Å². The number of carbonyl (C=O) groups excluding carboxylic acids is 1. The molecule has 1 heterocycles. The van der Waals surface area contributed by atoms with Crippen LogP contribution in [-0.4, -0.2) is 87.7 Å². The smallest absolute Gasteiger partial charge is 0.293 e. The van der Waals surface area contributed by atoms with Crippen LogP contribution in [0, 0.1) is 21.4 Å². The normalized spacial score (nSPS) is 13.8. The zero-order valence-corrected chi connectivity index (χ0v) is 33.5. The SMILES string of the molecule is CN(C)CC[C@H](CSc1ccccc1)Nc1ccc(S(=O)(=O)NC(=O)c2ccc(N3CCN(Cc4ccccc4-c4cccc(C#N)c4)CC3)cc2)cc1[N+](=O)[O-]. The Labute approximate surface area is 338 Å². The summed E-state index contributed by atoms with van der Waals surface area (Å²) in [6.45, 7) is 4.67. The van der Waals surface area contributed by atoms with Crippen LogP contribution in [0.5, 0.6) is 0 Å². The number of thioether (sulfide) groups is 1. The van der Waals surface area contributed by atoms with Crippen LogP contribution in [0.3, 0.4) is 0 Å². The summed E-state index contributed by atoms with van der Waals surface area (Å²) in [6, 6.07) is 38.2. The van der Waals surface area contributed by atoms with Crippen molar-refractivity contribution in [1.29, 1.82) is 5.26 Å². The number of nitro benzene ring substituents is 1. The molecule has 57 heavy (non-hydrogen) atoms. The van der Waals surface area contributed by atoms with Crippen LogP contribution in [0.25, 0.3) is 11.1 Å². The molecule has 0 unspecified atom stereocenters. The summed E-state index contributed by atoms with van der Waals surface area (Å²) in [6.07, 6.45) is 0.700. The second-order valence-electron chi connectivity index (χ2n) is 14.1. The van der Waals surface area contributed by atoms with E-state index < -0.39 is 26.5 Å². The molecule has 1 atom stereocenters. The van der Waals surface area contributed by atoms with Gasteiger partial charge in [0.05, 0.1) is 21.5 Å². The molecule has 1 fully saturated rings. The summed E-state index contributed by atoms with van der Waals surface area (Å²) in [7, 11) is -0.525. The second-order valence-corrected chi connectivity index (χ2v) is 16.9. The van der Waals surface area contributed by atoms with Crippen LogP contribution < -0.4 is 14.9 Å². The monoisotopic (exact) mass is 803 g/mol. The minimum Gasteiger partial charge on any atom is -0.376 e. The van der Waals surface area contributed by atoms with Gasteiger partial charge in [0, 0.05) is 66.7 Å². The van der Waals surface area contributed by atoms with Gasteiger partial charge in [-0.3, -0.25) is 19.8 Å². The van der Waals surface area contributed by atoms with Gasteiger partial charge in [0.15, 0.2) is 0 Å². The van der Waals surface area contributed by atoms with Crippen LogP contribution in [0.2, 0.25) is 0 Å². The topological polar surface area (TPSA) is 152 Å². The van der Waals surface area contributed by atoms with E-state index in [9.17, 15) is 28.6 Å². The molecule has 294 valence electrons. The van der Waals surface area contributed by atoms with Crippen LogP contribution in [-0.2, 0) is 16.6 Å². The number of nitrogens with one attached hydrogen (secondary N) is 2. The van der Waals surface area contributed by atoms with Crippen molar-refractivity contribution in [3.8, 4) is 17.2 Å². The van der Waals surface area contributed by atoms with Crippen molar-refractivity contribution in [3.63, 3.8) is 0 Å². The first kappa shape index (κ1) is 40.9. The molecule has 5 aromatic carbocycles. The van der Waals surface area contributed by atoms with Crippen molar-refractivity contribution in [2.24, 2.45) is 0 Å². The Hall–Kier alpha value is -5.72. The van der Waals surface area contributed by atoms with Crippen LogP contribution >= 0.6 is 11.8 Å². The average molecular weight is 804 g/mol. The van der Waals surface area contributed by atoms with Crippen molar-refractivity contribution in [2.45, 2.75) is 28.8 Å². The Balaban J connectivity index is 1.06. The lowest BCUT2D eigenvalue weighted by Crippen LogP contribution is -2.46. The lowest BCUT2D eigenvalue weighted by molar-refractivity contribution is -0.384. The molecule has 0 spiro atoms. The molecule has 0 saturated carbocycles. The standard InChI is InChI=1S/C43H45N7O5S2/c1-47(2)22-21-36(31-56-38-12-4-3-5-13-38)45-41-20-19-39(28-42(41)50(52)53)57(54,55)46-43(51)33-15-17-37(18-16-33)49-25-23-48(24-26-49)30-35-10-6-7-14-40(35)34-11-8-9-32(27-34)29-44/h3-20,27-28,36,45H,21-26,30-31H2,1-2H3,(H,46,51)/t36-/m1/s1. The van der Waals surface area contributed by atoms with Gasteiger partial charge in [0.25, 0.3) is 21.6 Å². The number of nitrogens with zero attached hydrogens (tertiary/aromatic N) is 5. The lowest BCUT2D eigenvalue weighted by atomic mass is 9.98. The fraction of sp³-hybridized carbons (Fsp3) is 0.256. The summed E-state index contributed by atoms with van der Waals surface area (Å²) in [5, 5.41) is 24.8. The third-order valence-electron chi connectivity index (χ3n) is 9.76. The van der Waals surface area contributed by atoms with E-state index in [1.165, 1.54) is 17.7 Å². The first-order valence-electron chi connectivity index (χ1n) is 18.6. The zero-order valence-electron chi connectivity index (χ0n) is 31.9. The third-order valence-corrected chi connectivity index (χ3v) is 12.3. The van der Waals surface area contributed by atoms with E-state index >= 15 is 0 Å². The summed E-state index contributed by atoms with van der Waals surface area (Å²) >= 11 is 1.63. The Morgan fingerprint density at radius 3 is 2.33 bits per heavy atom. The largest absolute Gasteiger partial charge is 0.376 e. The first-order valence-corrected chi connectivity index (χ1v) is 21.1. The highest BCUT2D eigenvalue weighted by atomic mass is 32.2. The zero-order chi connectivity index (χ0) is 40.4. The van der Waals surface area contributed by atoms with Gasteiger partial charge >= 0.3 is 0 Å². The first-order chi connectivity index (χ1) is 27.5. The van der Waals surface area contributed by atoms with Crippen LogP contribution in [0.1, 0.15) is 27.9 Å². The molecule has 0 bridgehead atoms. The van der Waals surface area contributed by atoms with Crippen molar-refractivity contribution < 1.29 is 18.1 Å². The maximum absolute atomic E-state index is 13.4. The average Bonchev–Trinajstić information content (AvgIpc) is 3.22. The van der Waals surface area contributed by atoms with Gasteiger partial charge in [0.2, 0.25) is 0 Å². The van der Waals surface area contributed by atoms with Gasteiger partial charge in [-0.2, -0.15) is 5.26 Å². The highest BCUT2D eigenvalue weighted by Crippen LogP contribution is 2.31. The molecule has 14 heteroatoms. The van der Waals surface area contributed by atoms with Gasteiger partial charge < -0.3 is 15.1 Å². The number of nitriles is 1. The molecule has 6 rings (SSSR count). The molecule has 0 radical (unpaired) electrons. The summed E-state index contributed by atoms with van der Waals surface area (Å²) in [4.78, 5) is 32.1. The Bertz CT molecular complexity index is 2330. The summed E-state index contributed by atoms with van der Waals surface area (Å²) in [5.41, 5.74) is 4.79. The number of hydrogen-bond donors (Lipinski definition) is 2. The molecule has 1 aliphatic rings.